The number of hydrogen-bond acceptors (Lipinski definition) is 5. The molecule has 1 fully saturated rings. The van der Waals surface area contributed by atoms with Crippen molar-refractivity contribution in [2.24, 2.45) is 4.99 Å². The number of rotatable bonds is 2. The molecule has 3 aromatic rings. The van der Waals surface area contributed by atoms with Gasteiger partial charge in [-0.15, -0.1) is 0 Å². The van der Waals surface area contributed by atoms with Gasteiger partial charge in [-0.25, -0.2) is 4.99 Å². The van der Waals surface area contributed by atoms with Crippen LogP contribution in [-0.2, 0) is 4.79 Å². The summed E-state index contributed by atoms with van der Waals surface area (Å²) in [7, 11) is 2.00. The molecule has 0 aliphatic carbocycles. The van der Waals surface area contributed by atoms with Crippen LogP contribution in [0.25, 0.3) is 0 Å². The number of fused-ring (bicyclic) bond motifs is 1. The standard InChI is InChI=1S/C24H18ClN3OS2/c1-15-6-5-7-18(14-15)28-22(29)21(23-27(2)19-8-3-4-9-20(19)30-23)31-24(28)26-17-12-10-16(25)11-13-17/h3-14H,1-2H3. The van der Waals surface area contributed by atoms with Crippen molar-refractivity contribution in [3.05, 3.63) is 93.3 Å². The van der Waals surface area contributed by atoms with E-state index in [9.17, 15) is 4.79 Å². The topological polar surface area (TPSA) is 35.9 Å². The largest absolute Gasteiger partial charge is 0.337 e. The molecule has 7 heteroatoms. The Morgan fingerprint density at radius 3 is 2.45 bits per heavy atom. The Kier molecular flexibility index (Phi) is 5.30. The second kappa shape index (κ2) is 8.11. The van der Waals surface area contributed by atoms with Gasteiger partial charge in [-0.3, -0.25) is 9.69 Å². The molecule has 2 heterocycles. The predicted octanol–water partition coefficient (Wildman–Crippen LogP) is 6.83. The van der Waals surface area contributed by atoms with Gasteiger partial charge in [0, 0.05) is 17.0 Å². The van der Waals surface area contributed by atoms with Gasteiger partial charge in [-0.05, 0) is 72.8 Å². The van der Waals surface area contributed by atoms with Crippen LogP contribution in [0.3, 0.4) is 0 Å². The number of carbonyl (C=O) groups excluding carboxylic acids is 1. The van der Waals surface area contributed by atoms with Crippen LogP contribution in [0.1, 0.15) is 5.56 Å². The third-order valence-electron chi connectivity index (χ3n) is 5.03. The molecule has 0 atom stereocenters. The molecule has 31 heavy (non-hydrogen) atoms. The van der Waals surface area contributed by atoms with Crippen LogP contribution in [0, 0.1) is 6.92 Å². The number of thioether (sulfide) groups is 2. The summed E-state index contributed by atoms with van der Waals surface area (Å²) in [6.07, 6.45) is 0. The van der Waals surface area contributed by atoms with Crippen LogP contribution in [-0.4, -0.2) is 18.1 Å². The maximum Gasteiger partial charge on any atom is 0.274 e. The third-order valence-corrected chi connectivity index (χ3v) is 7.67. The van der Waals surface area contributed by atoms with Crippen molar-refractivity contribution in [2.75, 3.05) is 16.8 Å². The number of amidine groups is 1. The Morgan fingerprint density at radius 2 is 1.71 bits per heavy atom. The minimum Gasteiger partial charge on any atom is -0.337 e. The van der Waals surface area contributed by atoms with E-state index in [4.69, 9.17) is 16.6 Å². The van der Waals surface area contributed by atoms with Crippen molar-refractivity contribution in [2.45, 2.75) is 11.8 Å². The Balaban J connectivity index is 1.62. The second-order valence-corrected chi connectivity index (χ2v) is 9.66. The molecule has 1 saturated heterocycles. The average molecular weight is 464 g/mol. The minimum absolute atomic E-state index is 0.0644. The summed E-state index contributed by atoms with van der Waals surface area (Å²) in [6.45, 7) is 2.02. The molecule has 0 N–H and O–H groups in total. The lowest BCUT2D eigenvalue weighted by Gasteiger charge is -2.17. The zero-order chi connectivity index (χ0) is 21.5. The maximum atomic E-state index is 13.7. The number of nitrogens with zero attached hydrogens (tertiary/aromatic N) is 3. The van der Waals surface area contributed by atoms with E-state index in [0.29, 0.717) is 15.1 Å². The van der Waals surface area contributed by atoms with Crippen LogP contribution in [0.15, 0.2) is 92.6 Å². The molecule has 154 valence electrons. The van der Waals surface area contributed by atoms with E-state index in [-0.39, 0.29) is 5.91 Å². The molecular weight excluding hydrogens is 446 g/mol. The number of para-hydroxylation sites is 1. The van der Waals surface area contributed by atoms with Gasteiger partial charge in [0.2, 0.25) is 0 Å². The molecule has 0 radical (unpaired) electrons. The molecule has 0 bridgehead atoms. The van der Waals surface area contributed by atoms with Gasteiger partial charge < -0.3 is 4.90 Å². The number of anilines is 2. The number of carbonyl (C=O) groups is 1. The quantitative estimate of drug-likeness (QED) is 0.390. The maximum absolute atomic E-state index is 13.7. The molecule has 2 aliphatic rings. The Bertz CT molecular complexity index is 1250. The van der Waals surface area contributed by atoms with Crippen LogP contribution < -0.4 is 9.80 Å². The molecule has 3 aromatic carbocycles. The van der Waals surface area contributed by atoms with Gasteiger partial charge in [0.1, 0.15) is 4.91 Å². The number of halogens is 1. The van der Waals surface area contributed by atoms with E-state index in [1.54, 1.807) is 28.8 Å². The van der Waals surface area contributed by atoms with E-state index < -0.39 is 0 Å². The summed E-state index contributed by atoms with van der Waals surface area (Å²) in [4.78, 5) is 24.1. The highest BCUT2D eigenvalue weighted by atomic mass is 35.5. The van der Waals surface area contributed by atoms with Crippen LogP contribution in [0.4, 0.5) is 17.1 Å². The van der Waals surface area contributed by atoms with Gasteiger partial charge in [0.05, 0.1) is 22.1 Å². The number of hydrogen-bond donors (Lipinski definition) is 0. The molecule has 0 unspecified atom stereocenters. The lowest BCUT2D eigenvalue weighted by atomic mass is 10.2. The van der Waals surface area contributed by atoms with E-state index in [2.05, 4.69) is 17.0 Å². The van der Waals surface area contributed by atoms with E-state index in [1.807, 2.05) is 62.5 Å². The highest BCUT2D eigenvalue weighted by Gasteiger charge is 2.40. The predicted molar refractivity (Wildman–Crippen MR) is 133 cm³/mol. The fourth-order valence-electron chi connectivity index (χ4n) is 3.50. The third kappa shape index (κ3) is 3.76. The first-order chi connectivity index (χ1) is 15.0. The van der Waals surface area contributed by atoms with E-state index in [1.165, 1.54) is 11.8 Å². The number of aliphatic imine (C=N–C) groups is 1. The van der Waals surface area contributed by atoms with Crippen LogP contribution in [0.2, 0.25) is 5.02 Å². The van der Waals surface area contributed by atoms with Crippen LogP contribution in [0.5, 0.6) is 0 Å². The molecule has 1 amide bonds. The zero-order valence-corrected chi connectivity index (χ0v) is 19.3. The Labute approximate surface area is 194 Å². The summed E-state index contributed by atoms with van der Waals surface area (Å²) in [5.74, 6) is -0.0644. The highest BCUT2D eigenvalue weighted by Crippen LogP contribution is 2.50. The summed E-state index contributed by atoms with van der Waals surface area (Å²) in [5, 5.41) is 2.21. The molecule has 2 aliphatic heterocycles. The second-order valence-electron chi connectivity index (χ2n) is 7.22. The minimum atomic E-state index is -0.0644. The van der Waals surface area contributed by atoms with Gasteiger partial charge in [0.15, 0.2) is 5.17 Å². The van der Waals surface area contributed by atoms with Crippen molar-refractivity contribution in [3.63, 3.8) is 0 Å². The SMILES string of the molecule is Cc1cccc(N2C(=O)C(=C3Sc4ccccc4N3C)SC2=Nc2ccc(Cl)cc2)c1. The van der Waals surface area contributed by atoms with Gasteiger partial charge in [-0.2, -0.15) is 0 Å². The first kappa shape index (κ1) is 20.2. The van der Waals surface area contributed by atoms with Crippen molar-refractivity contribution in [3.8, 4) is 0 Å². The summed E-state index contributed by atoms with van der Waals surface area (Å²) in [5.41, 5.74) is 3.75. The molecular formula is C24H18ClN3OS2. The lowest BCUT2D eigenvalue weighted by molar-refractivity contribution is -0.113. The first-order valence-corrected chi connectivity index (χ1v) is 11.7. The normalized spacial score (nSPS) is 19.5. The van der Waals surface area contributed by atoms with Gasteiger partial charge in [-0.1, -0.05) is 47.6 Å². The van der Waals surface area contributed by atoms with Gasteiger partial charge in [0.25, 0.3) is 5.91 Å². The van der Waals surface area contributed by atoms with Crippen molar-refractivity contribution < 1.29 is 4.79 Å². The highest BCUT2D eigenvalue weighted by molar-refractivity contribution is 8.20. The molecule has 0 saturated carbocycles. The number of benzene rings is 3. The fourth-order valence-corrected chi connectivity index (χ4v) is 5.97. The Morgan fingerprint density at radius 1 is 0.935 bits per heavy atom. The number of aryl methyl sites for hydroxylation is 1. The summed E-state index contributed by atoms with van der Waals surface area (Å²) < 4.78 is 0. The van der Waals surface area contributed by atoms with Gasteiger partial charge >= 0.3 is 0 Å². The Hall–Kier alpha value is -2.67. The zero-order valence-electron chi connectivity index (χ0n) is 16.9. The van der Waals surface area contributed by atoms with Crippen molar-refractivity contribution >= 4 is 63.3 Å². The number of amides is 1. The molecule has 0 spiro atoms. The molecule has 4 nitrogen and oxygen atoms in total. The van der Waals surface area contributed by atoms with Crippen molar-refractivity contribution in [1.29, 1.82) is 0 Å². The smallest absolute Gasteiger partial charge is 0.274 e. The fraction of sp³-hybridized carbons (Fsp3) is 0.0833. The lowest BCUT2D eigenvalue weighted by Crippen LogP contribution is -2.29. The summed E-state index contributed by atoms with van der Waals surface area (Å²) in [6, 6.07) is 23.4. The molecule has 5 rings (SSSR count). The van der Waals surface area contributed by atoms with E-state index >= 15 is 0 Å². The monoisotopic (exact) mass is 463 g/mol. The first-order valence-electron chi connectivity index (χ1n) is 9.69. The summed E-state index contributed by atoms with van der Waals surface area (Å²) >= 11 is 9.06. The van der Waals surface area contributed by atoms with Crippen molar-refractivity contribution in [1.82, 2.24) is 0 Å². The molecule has 0 aromatic heterocycles. The van der Waals surface area contributed by atoms with Crippen LogP contribution >= 0.6 is 35.1 Å². The van der Waals surface area contributed by atoms with E-state index in [0.717, 1.165) is 32.6 Å². The average Bonchev–Trinajstić information content (AvgIpc) is 3.26.